The number of nitrogens with one attached hydrogen (secondary N) is 2. The number of sulfonamides is 2. The molecule has 0 amide bonds. The van der Waals surface area contributed by atoms with E-state index >= 15 is 0 Å². The maximum absolute atomic E-state index is 12.0. The Labute approximate surface area is 126 Å². The van der Waals surface area contributed by atoms with E-state index < -0.39 is 20.0 Å². The zero-order valence-electron chi connectivity index (χ0n) is 12.3. The standard InChI is InChI=1S/C12H21N3O4S2/c1-4-13-11-5-7-12(8-6-11)21(18,19)14-9-10-20(16,17)15(2)3/h5-8,13-14H,4,9-10H2,1-3H3. The topological polar surface area (TPSA) is 95.6 Å². The highest BCUT2D eigenvalue weighted by atomic mass is 32.2. The molecule has 1 rings (SSSR count). The zero-order valence-corrected chi connectivity index (χ0v) is 14.0. The molecule has 0 saturated carbocycles. The van der Waals surface area contributed by atoms with Crippen molar-refractivity contribution in [1.82, 2.24) is 9.03 Å². The van der Waals surface area contributed by atoms with E-state index in [2.05, 4.69) is 10.0 Å². The Morgan fingerprint density at radius 1 is 1.05 bits per heavy atom. The number of anilines is 1. The highest BCUT2D eigenvalue weighted by molar-refractivity contribution is 7.90. The van der Waals surface area contributed by atoms with Crippen LogP contribution in [-0.4, -0.2) is 54.1 Å². The highest BCUT2D eigenvalue weighted by Crippen LogP contribution is 2.13. The lowest BCUT2D eigenvalue weighted by molar-refractivity contribution is 0.519. The molecule has 0 radical (unpaired) electrons. The van der Waals surface area contributed by atoms with Crippen molar-refractivity contribution in [2.75, 3.05) is 38.3 Å². The molecule has 0 aromatic heterocycles. The van der Waals surface area contributed by atoms with Gasteiger partial charge in [0, 0.05) is 32.9 Å². The third-order valence-corrected chi connectivity index (χ3v) is 6.06. The van der Waals surface area contributed by atoms with Crippen LogP contribution in [0.5, 0.6) is 0 Å². The fraction of sp³-hybridized carbons (Fsp3) is 0.500. The SMILES string of the molecule is CCNc1ccc(S(=O)(=O)NCCS(=O)(=O)N(C)C)cc1. The van der Waals surface area contributed by atoms with Gasteiger partial charge in [0.05, 0.1) is 10.6 Å². The van der Waals surface area contributed by atoms with Crippen LogP contribution < -0.4 is 10.0 Å². The van der Waals surface area contributed by atoms with Crippen LogP contribution in [0.2, 0.25) is 0 Å². The van der Waals surface area contributed by atoms with E-state index in [1.54, 1.807) is 12.1 Å². The molecule has 21 heavy (non-hydrogen) atoms. The molecule has 0 aliphatic heterocycles. The first kappa shape index (κ1) is 17.9. The fourth-order valence-corrected chi connectivity index (χ4v) is 3.41. The maximum atomic E-state index is 12.0. The number of hydrogen-bond donors (Lipinski definition) is 2. The quantitative estimate of drug-likeness (QED) is 0.712. The average molecular weight is 335 g/mol. The molecule has 1 aromatic rings. The molecule has 0 atom stereocenters. The van der Waals surface area contributed by atoms with Gasteiger partial charge in [-0.2, -0.15) is 0 Å². The Bertz CT molecular complexity index is 652. The summed E-state index contributed by atoms with van der Waals surface area (Å²) in [6.07, 6.45) is 0. The second-order valence-electron chi connectivity index (χ2n) is 4.55. The minimum Gasteiger partial charge on any atom is -0.385 e. The Balaban J connectivity index is 2.69. The predicted molar refractivity (Wildman–Crippen MR) is 83.3 cm³/mol. The highest BCUT2D eigenvalue weighted by Gasteiger charge is 2.17. The van der Waals surface area contributed by atoms with Crippen LogP contribution >= 0.6 is 0 Å². The van der Waals surface area contributed by atoms with Gasteiger partial charge in [-0.1, -0.05) is 0 Å². The smallest absolute Gasteiger partial charge is 0.240 e. The van der Waals surface area contributed by atoms with Crippen LogP contribution in [0, 0.1) is 0 Å². The number of hydrogen-bond acceptors (Lipinski definition) is 5. The summed E-state index contributed by atoms with van der Waals surface area (Å²) in [5.74, 6) is -0.283. The Kier molecular flexibility index (Phi) is 6.14. The molecule has 0 unspecified atom stereocenters. The van der Waals surface area contributed by atoms with E-state index in [1.807, 2.05) is 6.92 Å². The van der Waals surface area contributed by atoms with Gasteiger partial charge < -0.3 is 5.32 Å². The molecule has 0 spiro atoms. The van der Waals surface area contributed by atoms with Gasteiger partial charge in [0.2, 0.25) is 20.0 Å². The number of rotatable bonds is 8. The van der Waals surface area contributed by atoms with E-state index in [1.165, 1.54) is 26.2 Å². The normalized spacial score (nSPS) is 12.6. The van der Waals surface area contributed by atoms with Gasteiger partial charge in [0.1, 0.15) is 0 Å². The van der Waals surface area contributed by atoms with Crippen molar-refractivity contribution in [1.29, 1.82) is 0 Å². The Morgan fingerprint density at radius 3 is 2.10 bits per heavy atom. The molecule has 0 fully saturated rings. The van der Waals surface area contributed by atoms with E-state index in [9.17, 15) is 16.8 Å². The molecular weight excluding hydrogens is 314 g/mol. The van der Waals surface area contributed by atoms with Gasteiger partial charge in [-0.05, 0) is 31.2 Å². The molecule has 9 heteroatoms. The Hall–Kier alpha value is -1.16. The van der Waals surface area contributed by atoms with Crippen molar-refractivity contribution in [3.63, 3.8) is 0 Å². The van der Waals surface area contributed by atoms with Crippen molar-refractivity contribution in [2.45, 2.75) is 11.8 Å². The second kappa shape index (κ2) is 7.21. The molecule has 0 bridgehead atoms. The van der Waals surface area contributed by atoms with E-state index in [4.69, 9.17) is 0 Å². The van der Waals surface area contributed by atoms with Crippen molar-refractivity contribution in [2.24, 2.45) is 0 Å². The van der Waals surface area contributed by atoms with Gasteiger partial charge in [-0.25, -0.2) is 25.9 Å². The zero-order chi connectivity index (χ0) is 16.1. The van der Waals surface area contributed by atoms with E-state index in [0.29, 0.717) is 0 Å². The molecular formula is C12H21N3O4S2. The van der Waals surface area contributed by atoms with Crippen LogP contribution in [0.15, 0.2) is 29.2 Å². The molecule has 1 aromatic carbocycles. The second-order valence-corrected chi connectivity index (χ2v) is 8.62. The third kappa shape index (κ3) is 5.27. The minimum atomic E-state index is -3.70. The number of benzene rings is 1. The van der Waals surface area contributed by atoms with Gasteiger partial charge in [-0.3, -0.25) is 0 Å². The molecule has 120 valence electrons. The van der Waals surface area contributed by atoms with Crippen molar-refractivity contribution in [3.8, 4) is 0 Å². The maximum Gasteiger partial charge on any atom is 0.240 e. The van der Waals surface area contributed by atoms with Crippen LogP contribution in [0.25, 0.3) is 0 Å². The largest absolute Gasteiger partial charge is 0.385 e. The van der Waals surface area contributed by atoms with Crippen LogP contribution in [0.3, 0.4) is 0 Å². The minimum absolute atomic E-state index is 0.103. The average Bonchev–Trinajstić information content (AvgIpc) is 2.39. The fourth-order valence-electron chi connectivity index (χ4n) is 1.53. The summed E-state index contributed by atoms with van der Waals surface area (Å²) in [6, 6.07) is 6.27. The molecule has 2 N–H and O–H groups in total. The molecule has 7 nitrogen and oxygen atoms in total. The predicted octanol–water partition coefficient (Wildman–Crippen LogP) is 0.288. The first-order valence-corrected chi connectivity index (χ1v) is 9.52. The summed E-state index contributed by atoms with van der Waals surface area (Å²) in [5.41, 5.74) is 0.826. The molecule has 0 heterocycles. The van der Waals surface area contributed by atoms with E-state index in [-0.39, 0.29) is 17.2 Å². The molecule has 0 aliphatic rings. The van der Waals surface area contributed by atoms with Gasteiger partial charge in [0.25, 0.3) is 0 Å². The summed E-state index contributed by atoms with van der Waals surface area (Å²) in [7, 11) is -4.31. The number of nitrogens with zero attached hydrogens (tertiary/aromatic N) is 1. The van der Waals surface area contributed by atoms with Crippen molar-refractivity contribution in [3.05, 3.63) is 24.3 Å². The van der Waals surface area contributed by atoms with Crippen LogP contribution in [0.4, 0.5) is 5.69 Å². The summed E-state index contributed by atoms with van der Waals surface area (Å²) in [4.78, 5) is 0.103. The lowest BCUT2D eigenvalue weighted by atomic mass is 10.3. The monoisotopic (exact) mass is 335 g/mol. The Morgan fingerprint density at radius 2 is 1.62 bits per heavy atom. The van der Waals surface area contributed by atoms with Crippen molar-refractivity contribution < 1.29 is 16.8 Å². The van der Waals surface area contributed by atoms with Crippen LogP contribution in [-0.2, 0) is 20.0 Å². The van der Waals surface area contributed by atoms with Crippen molar-refractivity contribution >= 4 is 25.7 Å². The summed E-state index contributed by atoms with van der Waals surface area (Å²) < 4.78 is 50.5. The van der Waals surface area contributed by atoms with E-state index in [0.717, 1.165) is 16.5 Å². The lowest BCUT2D eigenvalue weighted by Crippen LogP contribution is -2.33. The summed E-state index contributed by atoms with van der Waals surface area (Å²) >= 11 is 0. The lowest BCUT2D eigenvalue weighted by Gasteiger charge is -2.12. The molecule has 0 saturated heterocycles. The first-order chi connectivity index (χ1) is 9.69. The first-order valence-electron chi connectivity index (χ1n) is 6.43. The third-order valence-electron chi connectivity index (χ3n) is 2.75. The summed E-state index contributed by atoms with van der Waals surface area (Å²) in [5, 5.41) is 3.06. The van der Waals surface area contributed by atoms with Gasteiger partial charge >= 0.3 is 0 Å². The molecule has 0 aliphatic carbocycles. The van der Waals surface area contributed by atoms with Gasteiger partial charge in [-0.15, -0.1) is 0 Å². The van der Waals surface area contributed by atoms with Crippen LogP contribution in [0.1, 0.15) is 6.92 Å². The van der Waals surface area contributed by atoms with Gasteiger partial charge in [0.15, 0.2) is 0 Å². The summed E-state index contributed by atoms with van der Waals surface area (Å²) in [6.45, 7) is 2.52.